The van der Waals surface area contributed by atoms with E-state index in [1.165, 1.54) is 0 Å². The van der Waals surface area contributed by atoms with Gasteiger partial charge in [-0.25, -0.2) is 9.97 Å². The molecule has 0 aliphatic rings. The molecule has 0 spiro atoms. The summed E-state index contributed by atoms with van der Waals surface area (Å²) in [5.74, 6) is -0.838. The monoisotopic (exact) mass is 276 g/mol. The van der Waals surface area contributed by atoms with Crippen molar-refractivity contribution in [1.82, 2.24) is 9.97 Å². The Morgan fingerprint density at radius 3 is 2.37 bits per heavy atom. The first-order chi connectivity index (χ1) is 9.15. The van der Waals surface area contributed by atoms with E-state index in [9.17, 15) is 9.90 Å². The lowest BCUT2D eigenvalue weighted by atomic mass is 9.96. The van der Waals surface area contributed by atoms with Crippen molar-refractivity contribution < 1.29 is 9.90 Å². The van der Waals surface area contributed by atoms with E-state index in [2.05, 4.69) is 9.97 Å². The minimum absolute atomic E-state index is 0.318. The van der Waals surface area contributed by atoms with Crippen LogP contribution in [0.1, 0.15) is 11.4 Å². The Hall–Kier alpha value is -1.94. The average molecular weight is 277 g/mol. The third kappa shape index (κ3) is 4.03. The second kappa shape index (κ2) is 6.29. The number of nitrogens with zero attached hydrogens (tertiary/aromatic N) is 2. The number of carboxylic acid groups (broad SMARTS) is 1. The van der Waals surface area contributed by atoms with E-state index >= 15 is 0 Å². The number of hydrogen-bond donors (Lipinski definition) is 1. The Balaban J connectivity index is 2.08. The first-order valence-electron chi connectivity index (χ1n) is 5.88. The van der Waals surface area contributed by atoms with E-state index in [0.29, 0.717) is 23.7 Å². The van der Waals surface area contributed by atoms with E-state index < -0.39 is 11.9 Å². The second-order valence-corrected chi connectivity index (χ2v) is 4.67. The molecule has 0 radical (unpaired) electrons. The third-order valence-electron chi connectivity index (χ3n) is 2.79. The Morgan fingerprint density at radius 2 is 1.79 bits per heavy atom. The first-order valence-corrected chi connectivity index (χ1v) is 6.26. The van der Waals surface area contributed by atoms with Crippen LogP contribution < -0.4 is 0 Å². The highest BCUT2D eigenvalue weighted by Crippen LogP contribution is 2.16. The Labute approximate surface area is 116 Å². The van der Waals surface area contributed by atoms with E-state index in [1.807, 2.05) is 12.1 Å². The van der Waals surface area contributed by atoms with Crippen LogP contribution >= 0.6 is 11.6 Å². The fourth-order valence-corrected chi connectivity index (χ4v) is 1.93. The van der Waals surface area contributed by atoms with Gasteiger partial charge in [-0.2, -0.15) is 0 Å². The molecule has 1 aromatic carbocycles. The summed E-state index contributed by atoms with van der Waals surface area (Å²) in [7, 11) is 0. The van der Waals surface area contributed by atoms with Gasteiger partial charge in [0.2, 0.25) is 0 Å². The number of hydrogen-bond acceptors (Lipinski definition) is 3. The zero-order chi connectivity index (χ0) is 13.7. The summed E-state index contributed by atoms with van der Waals surface area (Å²) in [6.45, 7) is 0. The zero-order valence-electron chi connectivity index (χ0n) is 10.2. The number of aromatic nitrogens is 2. The normalized spacial score (nSPS) is 12.1. The molecule has 0 fully saturated rings. The van der Waals surface area contributed by atoms with Crippen LogP contribution in [0.15, 0.2) is 42.7 Å². The van der Waals surface area contributed by atoms with Gasteiger partial charge in [-0.15, -0.1) is 0 Å². The lowest BCUT2D eigenvalue weighted by Gasteiger charge is -2.11. The minimum Gasteiger partial charge on any atom is -0.481 e. The fraction of sp³-hybridized carbons (Fsp3) is 0.214. The maximum atomic E-state index is 11.3. The Kier molecular flexibility index (Phi) is 4.47. The molecule has 0 aliphatic carbocycles. The summed E-state index contributed by atoms with van der Waals surface area (Å²) in [5.41, 5.74) is 0.938. The number of carbonyl (C=O) groups is 1. The molecule has 1 heterocycles. The summed E-state index contributed by atoms with van der Waals surface area (Å²) in [6, 6.07) is 8.90. The molecule has 0 saturated heterocycles. The van der Waals surface area contributed by atoms with Crippen LogP contribution in [0.25, 0.3) is 0 Å². The molecule has 1 unspecified atom stereocenters. The standard InChI is InChI=1S/C14H13ClN2O2/c15-12-4-2-10(3-5-12)8-11(14(18)19)9-13-16-6-1-7-17-13/h1-7,11H,8-9H2,(H,18,19). The fourth-order valence-electron chi connectivity index (χ4n) is 1.81. The SMILES string of the molecule is O=C(O)C(Cc1ccc(Cl)cc1)Cc1ncccn1. The summed E-state index contributed by atoms with van der Waals surface area (Å²) in [5, 5.41) is 9.91. The van der Waals surface area contributed by atoms with Crippen molar-refractivity contribution >= 4 is 17.6 Å². The zero-order valence-corrected chi connectivity index (χ0v) is 10.9. The Morgan fingerprint density at radius 1 is 1.16 bits per heavy atom. The van der Waals surface area contributed by atoms with Gasteiger partial charge in [0.15, 0.2) is 0 Å². The van der Waals surface area contributed by atoms with Gasteiger partial charge < -0.3 is 5.11 Å². The molecule has 19 heavy (non-hydrogen) atoms. The quantitative estimate of drug-likeness (QED) is 0.912. The summed E-state index contributed by atoms with van der Waals surface area (Å²) in [4.78, 5) is 19.4. The lowest BCUT2D eigenvalue weighted by molar-refractivity contribution is -0.141. The number of benzene rings is 1. The van der Waals surface area contributed by atoms with E-state index in [-0.39, 0.29) is 0 Å². The maximum Gasteiger partial charge on any atom is 0.307 e. The topological polar surface area (TPSA) is 63.1 Å². The molecular weight excluding hydrogens is 264 g/mol. The van der Waals surface area contributed by atoms with Crippen LogP contribution in [0.4, 0.5) is 0 Å². The molecule has 98 valence electrons. The molecule has 1 aromatic heterocycles. The predicted molar refractivity (Wildman–Crippen MR) is 72.0 cm³/mol. The van der Waals surface area contributed by atoms with Crippen molar-refractivity contribution in [3.63, 3.8) is 0 Å². The van der Waals surface area contributed by atoms with Crippen molar-refractivity contribution in [2.75, 3.05) is 0 Å². The minimum atomic E-state index is -0.845. The van der Waals surface area contributed by atoms with Crippen molar-refractivity contribution in [3.05, 3.63) is 59.1 Å². The van der Waals surface area contributed by atoms with Gasteiger partial charge in [0.25, 0.3) is 0 Å². The van der Waals surface area contributed by atoms with Gasteiger partial charge in [-0.05, 0) is 30.2 Å². The molecule has 1 atom stereocenters. The number of carboxylic acids is 1. The molecule has 1 N–H and O–H groups in total. The van der Waals surface area contributed by atoms with Crippen LogP contribution in [0.5, 0.6) is 0 Å². The molecule has 0 amide bonds. The molecule has 2 aromatic rings. The smallest absolute Gasteiger partial charge is 0.307 e. The highest BCUT2D eigenvalue weighted by Gasteiger charge is 2.19. The van der Waals surface area contributed by atoms with Crippen LogP contribution in [0.2, 0.25) is 5.02 Å². The lowest BCUT2D eigenvalue weighted by Crippen LogP contribution is -2.20. The molecule has 0 bridgehead atoms. The highest BCUT2D eigenvalue weighted by molar-refractivity contribution is 6.30. The van der Waals surface area contributed by atoms with Gasteiger partial charge in [0.1, 0.15) is 5.82 Å². The van der Waals surface area contributed by atoms with Gasteiger partial charge >= 0.3 is 5.97 Å². The Bertz CT molecular complexity index is 543. The number of halogens is 1. The first kappa shape index (κ1) is 13.5. The van der Waals surface area contributed by atoms with Crippen molar-refractivity contribution in [3.8, 4) is 0 Å². The van der Waals surface area contributed by atoms with Crippen LogP contribution in [-0.4, -0.2) is 21.0 Å². The maximum absolute atomic E-state index is 11.3. The average Bonchev–Trinajstić information content (AvgIpc) is 2.41. The van der Waals surface area contributed by atoms with Crippen LogP contribution in [0, 0.1) is 5.92 Å². The van der Waals surface area contributed by atoms with Crippen molar-refractivity contribution in [2.24, 2.45) is 5.92 Å². The molecule has 4 nitrogen and oxygen atoms in total. The summed E-state index contributed by atoms with van der Waals surface area (Å²) < 4.78 is 0. The van der Waals surface area contributed by atoms with Gasteiger partial charge in [0, 0.05) is 23.8 Å². The van der Waals surface area contributed by atoms with E-state index in [0.717, 1.165) is 5.56 Å². The molecule has 0 saturated carbocycles. The molecule has 2 rings (SSSR count). The summed E-state index contributed by atoms with van der Waals surface area (Å²) in [6.07, 6.45) is 3.98. The van der Waals surface area contributed by atoms with E-state index in [1.54, 1.807) is 30.6 Å². The predicted octanol–water partition coefficient (Wildman–Crippen LogP) is 2.62. The van der Waals surface area contributed by atoms with Gasteiger partial charge in [-0.3, -0.25) is 4.79 Å². The van der Waals surface area contributed by atoms with Crippen LogP contribution in [0.3, 0.4) is 0 Å². The van der Waals surface area contributed by atoms with Crippen molar-refractivity contribution in [1.29, 1.82) is 0 Å². The van der Waals surface area contributed by atoms with Crippen molar-refractivity contribution in [2.45, 2.75) is 12.8 Å². The summed E-state index contributed by atoms with van der Waals surface area (Å²) >= 11 is 5.80. The van der Waals surface area contributed by atoms with Crippen LogP contribution in [-0.2, 0) is 17.6 Å². The van der Waals surface area contributed by atoms with Gasteiger partial charge in [-0.1, -0.05) is 23.7 Å². The number of aliphatic carboxylic acids is 1. The number of rotatable bonds is 5. The van der Waals surface area contributed by atoms with Gasteiger partial charge in [0.05, 0.1) is 5.92 Å². The third-order valence-corrected chi connectivity index (χ3v) is 3.04. The second-order valence-electron chi connectivity index (χ2n) is 4.23. The molecule has 0 aliphatic heterocycles. The van der Waals surface area contributed by atoms with E-state index in [4.69, 9.17) is 11.6 Å². The molecule has 5 heteroatoms. The largest absolute Gasteiger partial charge is 0.481 e. The molecular formula is C14H13ClN2O2. The highest BCUT2D eigenvalue weighted by atomic mass is 35.5.